The van der Waals surface area contributed by atoms with Gasteiger partial charge >= 0.3 is 8.60 Å². The number of nitrogens with one attached hydrogen (secondary N) is 1. The minimum atomic E-state index is -1.45. The molecule has 2 heterocycles. The van der Waals surface area contributed by atoms with E-state index in [1.807, 2.05) is 20.8 Å². The van der Waals surface area contributed by atoms with Gasteiger partial charge in [-0.1, -0.05) is 6.92 Å². The molecule has 0 radical (unpaired) electrons. The molecular weight excluding hydrogens is 291 g/mol. The van der Waals surface area contributed by atoms with Crippen LogP contribution >= 0.6 is 8.60 Å². The molecule has 1 unspecified atom stereocenters. The van der Waals surface area contributed by atoms with Crippen LogP contribution in [0.5, 0.6) is 0 Å². The van der Waals surface area contributed by atoms with E-state index in [4.69, 9.17) is 19.7 Å². The first-order valence-electron chi connectivity index (χ1n) is 8.02. The van der Waals surface area contributed by atoms with Crippen molar-refractivity contribution in [3.63, 3.8) is 0 Å². The minimum absolute atomic E-state index is 0.0584. The van der Waals surface area contributed by atoms with Crippen molar-refractivity contribution in [1.29, 1.82) is 0 Å². The van der Waals surface area contributed by atoms with Gasteiger partial charge in [-0.3, -0.25) is 0 Å². The number of nitrogens with zero attached hydrogens (tertiary/aromatic N) is 1. The first kappa shape index (κ1) is 15.4. The summed E-state index contributed by atoms with van der Waals surface area (Å²) in [5.41, 5.74) is 0. The molecule has 5 atom stereocenters. The van der Waals surface area contributed by atoms with E-state index in [2.05, 4.69) is 9.97 Å². The molecule has 1 saturated heterocycles. The zero-order valence-corrected chi connectivity index (χ0v) is 13.7. The van der Waals surface area contributed by atoms with Gasteiger partial charge in [0.1, 0.15) is 5.82 Å². The van der Waals surface area contributed by atoms with E-state index >= 15 is 0 Å². The molecule has 2 rings (SSSR count). The number of aromatic nitrogens is 2. The highest BCUT2D eigenvalue weighted by atomic mass is 31.2. The molecule has 1 aliphatic rings. The van der Waals surface area contributed by atoms with Crippen molar-refractivity contribution in [2.45, 2.75) is 58.3 Å². The lowest BCUT2D eigenvalue weighted by molar-refractivity contribution is 0.0314. The van der Waals surface area contributed by atoms with E-state index < -0.39 is 15.2 Å². The second-order valence-corrected chi connectivity index (χ2v) is 6.05. The molecule has 1 aliphatic heterocycles. The predicted octanol–water partition coefficient (Wildman–Crippen LogP) is 3.20. The lowest BCUT2D eigenvalue weighted by Crippen LogP contribution is -2.23. The molecule has 0 aliphatic carbocycles. The Morgan fingerprint density at radius 3 is 3.14 bits per heavy atom. The molecular formula is C14H25N2O4P. The van der Waals surface area contributed by atoms with Crippen molar-refractivity contribution in [2.24, 2.45) is 0 Å². The molecule has 1 fully saturated rings. The van der Waals surface area contributed by atoms with Crippen molar-refractivity contribution in [2.75, 3.05) is 13.2 Å². The Balaban J connectivity index is 1.86. The number of ether oxygens (including phenoxy) is 1. The SMILES string of the molecule is [3H][C@@H]1C[C@@H](OP(OCC)O[C@@H](C)Cc2ncc[nH]2)[C@@H](CC)O1. The van der Waals surface area contributed by atoms with E-state index in [0.29, 0.717) is 19.4 Å². The second-order valence-electron chi connectivity index (χ2n) is 4.93. The van der Waals surface area contributed by atoms with E-state index in [1.54, 1.807) is 12.4 Å². The Morgan fingerprint density at radius 2 is 2.48 bits per heavy atom. The Bertz CT molecular complexity index is 423. The summed E-state index contributed by atoms with van der Waals surface area (Å²) >= 11 is 0. The summed E-state index contributed by atoms with van der Waals surface area (Å²) in [7, 11) is -1.45. The normalized spacial score (nSPS) is 29.3. The summed E-state index contributed by atoms with van der Waals surface area (Å²) in [6, 6.07) is 0. The van der Waals surface area contributed by atoms with Gasteiger partial charge < -0.3 is 23.3 Å². The van der Waals surface area contributed by atoms with Gasteiger partial charge in [0, 0.05) is 31.8 Å². The van der Waals surface area contributed by atoms with Crippen LogP contribution in [0.4, 0.5) is 0 Å². The van der Waals surface area contributed by atoms with E-state index in [0.717, 1.165) is 12.2 Å². The number of aromatic amines is 1. The van der Waals surface area contributed by atoms with Gasteiger partial charge in [0.15, 0.2) is 0 Å². The van der Waals surface area contributed by atoms with Crippen LogP contribution in [0.2, 0.25) is 0 Å². The summed E-state index contributed by atoms with van der Waals surface area (Å²) in [5.74, 6) is 0.876. The molecule has 1 N–H and O–H groups in total. The summed E-state index contributed by atoms with van der Waals surface area (Å²) in [6.07, 6.45) is 5.29. The van der Waals surface area contributed by atoms with Crippen LogP contribution in [0.3, 0.4) is 0 Å². The first-order chi connectivity index (χ1) is 10.6. The summed E-state index contributed by atoms with van der Waals surface area (Å²) in [6.45, 7) is 5.91. The Labute approximate surface area is 128 Å². The Morgan fingerprint density at radius 1 is 1.62 bits per heavy atom. The fourth-order valence-corrected chi connectivity index (χ4v) is 3.34. The van der Waals surface area contributed by atoms with Crippen LogP contribution in [0, 0.1) is 0 Å². The van der Waals surface area contributed by atoms with E-state index in [9.17, 15) is 0 Å². The highest BCUT2D eigenvalue weighted by molar-refractivity contribution is 7.41. The molecule has 6 nitrogen and oxygen atoms in total. The quantitative estimate of drug-likeness (QED) is 0.708. The predicted molar refractivity (Wildman–Crippen MR) is 80.9 cm³/mol. The van der Waals surface area contributed by atoms with Gasteiger partial charge in [0.05, 0.1) is 26.3 Å². The Kier molecular flexibility index (Phi) is 6.45. The maximum absolute atomic E-state index is 7.73. The van der Waals surface area contributed by atoms with Crippen LogP contribution in [0.15, 0.2) is 12.4 Å². The number of hydrogen-bond acceptors (Lipinski definition) is 5. The molecule has 120 valence electrons. The summed E-state index contributed by atoms with van der Waals surface area (Å²) in [5, 5.41) is 0. The van der Waals surface area contributed by atoms with Crippen molar-refractivity contribution in [3.05, 3.63) is 18.2 Å². The molecule has 21 heavy (non-hydrogen) atoms. The van der Waals surface area contributed by atoms with Crippen LogP contribution in [-0.4, -0.2) is 41.5 Å². The molecule has 1 aromatic rings. The highest BCUT2D eigenvalue weighted by Crippen LogP contribution is 2.45. The number of H-pyrrole nitrogens is 1. The average molecular weight is 318 g/mol. The Hall–Kier alpha value is -0.520. The third-order valence-electron chi connectivity index (χ3n) is 3.17. The summed E-state index contributed by atoms with van der Waals surface area (Å²) < 4.78 is 30.7. The summed E-state index contributed by atoms with van der Waals surface area (Å²) in [4.78, 5) is 7.25. The maximum atomic E-state index is 7.73. The van der Waals surface area contributed by atoms with Gasteiger partial charge in [-0.2, -0.15) is 0 Å². The van der Waals surface area contributed by atoms with Crippen molar-refractivity contribution >= 4 is 8.60 Å². The van der Waals surface area contributed by atoms with Crippen LogP contribution in [0.25, 0.3) is 0 Å². The topological polar surface area (TPSA) is 65.6 Å². The highest BCUT2D eigenvalue weighted by Gasteiger charge is 2.32. The molecule has 0 spiro atoms. The number of hydrogen-bond donors (Lipinski definition) is 1. The minimum Gasteiger partial charge on any atom is -0.375 e. The molecule has 0 aromatic carbocycles. The molecule has 0 bridgehead atoms. The second kappa shape index (κ2) is 8.81. The zero-order chi connectivity index (χ0) is 15.9. The lowest BCUT2D eigenvalue weighted by Gasteiger charge is -2.24. The fraction of sp³-hybridized carbons (Fsp3) is 0.786. The van der Waals surface area contributed by atoms with Crippen LogP contribution in [-0.2, 0) is 24.7 Å². The van der Waals surface area contributed by atoms with Crippen LogP contribution < -0.4 is 0 Å². The van der Waals surface area contributed by atoms with Gasteiger partial charge in [0.25, 0.3) is 0 Å². The largest absolute Gasteiger partial charge is 0.375 e. The van der Waals surface area contributed by atoms with Gasteiger partial charge in [-0.15, -0.1) is 0 Å². The van der Waals surface area contributed by atoms with Crippen molar-refractivity contribution in [3.8, 4) is 0 Å². The standard InChI is InChI=1S/C14H25N2O4P/c1-4-12-13(6-9-17-12)20-21(18-5-2)19-11(3)10-14-15-7-8-16-14/h7-8,11-13H,4-6,9-10H2,1-3H3,(H,15,16)/t11-,12+,13+,21?/m0/s1/i9T/t9-,11+,12-,13-,21?/m1. The van der Waals surface area contributed by atoms with E-state index in [1.165, 1.54) is 0 Å². The third-order valence-corrected chi connectivity index (χ3v) is 4.62. The fourth-order valence-electron chi connectivity index (χ4n) is 2.15. The molecule has 0 amide bonds. The van der Waals surface area contributed by atoms with Gasteiger partial charge in [-0.05, 0) is 20.3 Å². The van der Waals surface area contributed by atoms with Gasteiger partial charge in [-0.25, -0.2) is 4.98 Å². The number of imidazole rings is 1. The number of rotatable bonds is 9. The zero-order valence-electron chi connectivity index (χ0n) is 13.8. The molecule has 0 saturated carbocycles. The smallest absolute Gasteiger partial charge is 0.333 e. The van der Waals surface area contributed by atoms with Gasteiger partial charge in [0.2, 0.25) is 0 Å². The lowest BCUT2D eigenvalue weighted by atomic mass is 10.1. The molecule has 1 aromatic heterocycles. The molecule has 7 heteroatoms. The maximum Gasteiger partial charge on any atom is 0.333 e. The average Bonchev–Trinajstić information content (AvgIpc) is 3.08. The first-order valence-corrected chi connectivity index (χ1v) is 8.54. The van der Waals surface area contributed by atoms with E-state index in [-0.39, 0.29) is 18.3 Å². The monoisotopic (exact) mass is 318 g/mol. The van der Waals surface area contributed by atoms with Crippen molar-refractivity contribution in [1.82, 2.24) is 9.97 Å². The van der Waals surface area contributed by atoms with Crippen molar-refractivity contribution < 1.29 is 19.7 Å². The van der Waals surface area contributed by atoms with Crippen LogP contribution in [0.1, 0.15) is 40.8 Å². The third kappa shape index (κ3) is 5.31.